The van der Waals surface area contributed by atoms with Crippen molar-refractivity contribution in [2.45, 2.75) is 26.9 Å². The Morgan fingerprint density at radius 3 is 2.65 bits per heavy atom. The number of rotatable bonds is 5. The maximum Gasteiger partial charge on any atom is 0.388 e. The molecule has 0 aliphatic rings. The molecule has 17 heavy (non-hydrogen) atoms. The van der Waals surface area contributed by atoms with Gasteiger partial charge in [-0.3, -0.25) is 4.79 Å². The summed E-state index contributed by atoms with van der Waals surface area (Å²) in [6, 6.07) is 2.74. The standard InChI is InChI=1S/C11H14F2N2O2/c1-7(2)5-9(16)15-8-3-4-10(14-6-8)17-11(12)13/h3-4,6-7,11H,5H2,1-2H3,(H,15,16). The van der Waals surface area contributed by atoms with Gasteiger partial charge in [-0.05, 0) is 12.0 Å². The van der Waals surface area contributed by atoms with Crippen LogP contribution in [0.15, 0.2) is 18.3 Å². The summed E-state index contributed by atoms with van der Waals surface area (Å²) in [5.41, 5.74) is 0.456. The van der Waals surface area contributed by atoms with E-state index in [-0.39, 0.29) is 17.7 Å². The van der Waals surface area contributed by atoms with Crippen molar-refractivity contribution < 1.29 is 18.3 Å². The first-order valence-corrected chi connectivity index (χ1v) is 5.18. The van der Waals surface area contributed by atoms with Gasteiger partial charge in [0.25, 0.3) is 0 Å². The van der Waals surface area contributed by atoms with E-state index in [9.17, 15) is 13.6 Å². The van der Waals surface area contributed by atoms with Crippen LogP contribution in [0.25, 0.3) is 0 Å². The molecular formula is C11H14F2N2O2. The van der Waals surface area contributed by atoms with Gasteiger partial charge < -0.3 is 10.1 Å². The molecule has 0 unspecified atom stereocenters. The number of aromatic nitrogens is 1. The molecule has 1 amide bonds. The molecule has 94 valence electrons. The Balaban J connectivity index is 2.53. The topological polar surface area (TPSA) is 51.2 Å². The quantitative estimate of drug-likeness (QED) is 0.866. The third kappa shape index (κ3) is 5.24. The minimum absolute atomic E-state index is 0.135. The zero-order valence-corrected chi connectivity index (χ0v) is 9.61. The van der Waals surface area contributed by atoms with Gasteiger partial charge in [0.1, 0.15) is 0 Å². The second-order valence-corrected chi connectivity index (χ2v) is 3.91. The monoisotopic (exact) mass is 244 g/mol. The maximum atomic E-state index is 11.8. The van der Waals surface area contributed by atoms with Gasteiger partial charge in [0.2, 0.25) is 11.8 Å². The number of amides is 1. The van der Waals surface area contributed by atoms with Gasteiger partial charge in [0, 0.05) is 12.5 Å². The van der Waals surface area contributed by atoms with Gasteiger partial charge in [0.05, 0.1) is 11.9 Å². The number of halogens is 2. The minimum Gasteiger partial charge on any atom is -0.417 e. The van der Waals surface area contributed by atoms with Crippen molar-refractivity contribution in [2.24, 2.45) is 5.92 Å². The van der Waals surface area contributed by atoms with Gasteiger partial charge in [-0.2, -0.15) is 8.78 Å². The molecule has 0 spiro atoms. The Morgan fingerprint density at radius 1 is 1.47 bits per heavy atom. The van der Waals surface area contributed by atoms with E-state index in [0.29, 0.717) is 12.1 Å². The largest absolute Gasteiger partial charge is 0.417 e. The van der Waals surface area contributed by atoms with Crippen LogP contribution in [0.1, 0.15) is 20.3 Å². The Labute approximate surface area is 98.0 Å². The van der Waals surface area contributed by atoms with E-state index >= 15 is 0 Å². The molecule has 0 radical (unpaired) electrons. The number of alkyl halides is 2. The van der Waals surface area contributed by atoms with E-state index in [1.54, 1.807) is 0 Å². The fourth-order valence-corrected chi connectivity index (χ4v) is 1.20. The van der Waals surface area contributed by atoms with E-state index in [4.69, 9.17) is 0 Å². The average Bonchev–Trinajstić information content (AvgIpc) is 2.18. The minimum atomic E-state index is -2.90. The highest BCUT2D eigenvalue weighted by molar-refractivity contribution is 5.90. The number of ether oxygens (including phenoxy) is 1. The number of carbonyl (C=O) groups excluding carboxylic acids is 1. The Bertz CT molecular complexity index is 366. The first-order valence-electron chi connectivity index (χ1n) is 5.18. The summed E-state index contributed by atoms with van der Waals surface area (Å²) in [6.07, 6.45) is 1.67. The zero-order chi connectivity index (χ0) is 12.8. The summed E-state index contributed by atoms with van der Waals surface area (Å²) < 4.78 is 27.8. The fourth-order valence-electron chi connectivity index (χ4n) is 1.20. The molecule has 0 bridgehead atoms. The average molecular weight is 244 g/mol. The Kier molecular flexibility index (Phi) is 4.81. The van der Waals surface area contributed by atoms with E-state index in [0.717, 1.165) is 0 Å². The summed E-state index contributed by atoms with van der Waals surface area (Å²) in [5, 5.41) is 2.61. The summed E-state index contributed by atoms with van der Waals surface area (Å²) in [4.78, 5) is 15.0. The van der Waals surface area contributed by atoms with Crippen molar-refractivity contribution in [3.63, 3.8) is 0 Å². The lowest BCUT2D eigenvalue weighted by Gasteiger charge is -2.07. The molecule has 1 aromatic heterocycles. The molecule has 4 nitrogen and oxygen atoms in total. The number of pyridine rings is 1. The van der Waals surface area contributed by atoms with Crippen LogP contribution < -0.4 is 10.1 Å². The van der Waals surface area contributed by atoms with E-state index in [1.807, 2.05) is 13.8 Å². The molecule has 0 saturated heterocycles. The van der Waals surface area contributed by atoms with Gasteiger partial charge >= 0.3 is 6.61 Å². The molecule has 0 aliphatic carbocycles. The lowest BCUT2D eigenvalue weighted by Crippen LogP contribution is -2.14. The van der Waals surface area contributed by atoms with Gasteiger partial charge in [-0.1, -0.05) is 13.8 Å². The SMILES string of the molecule is CC(C)CC(=O)Nc1ccc(OC(F)F)nc1. The maximum absolute atomic E-state index is 11.8. The third-order valence-corrected chi connectivity index (χ3v) is 1.82. The number of hydrogen-bond donors (Lipinski definition) is 1. The van der Waals surface area contributed by atoms with Gasteiger partial charge in [-0.25, -0.2) is 4.98 Å². The molecule has 1 rings (SSSR count). The van der Waals surface area contributed by atoms with Crippen LogP contribution in [0, 0.1) is 5.92 Å². The third-order valence-electron chi connectivity index (χ3n) is 1.82. The first kappa shape index (κ1) is 13.3. The summed E-state index contributed by atoms with van der Waals surface area (Å²) >= 11 is 0. The highest BCUT2D eigenvalue weighted by Crippen LogP contribution is 2.14. The van der Waals surface area contributed by atoms with Crippen molar-refractivity contribution in [1.82, 2.24) is 4.98 Å². The van der Waals surface area contributed by atoms with E-state index in [2.05, 4.69) is 15.0 Å². The van der Waals surface area contributed by atoms with Crippen LogP contribution in [-0.2, 0) is 4.79 Å². The van der Waals surface area contributed by atoms with Gasteiger partial charge in [0.15, 0.2) is 0 Å². The molecule has 1 aromatic rings. The second kappa shape index (κ2) is 6.12. The van der Waals surface area contributed by atoms with Crippen LogP contribution in [-0.4, -0.2) is 17.5 Å². The molecule has 0 aliphatic heterocycles. The highest BCUT2D eigenvalue weighted by atomic mass is 19.3. The highest BCUT2D eigenvalue weighted by Gasteiger charge is 2.07. The lowest BCUT2D eigenvalue weighted by molar-refractivity contribution is -0.116. The van der Waals surface area contributed by atoms with Crippen LogP contribution >= 0.6 is 0 Å². The van der Waals surface area contributed by atoms with Crippen molar-refractivity contribution in [3.8, 4) is 5.88 Å². The second-order valence-electron chi connectivity index (χ2n) is 3.91. The van der Waals surface area contributed by atoms with Crippen LogP contribution in [0.5, 0.6) is 5.88 Å². The fraction of sp³-hybridized carbons (Fsp3) is 0.455. The van der Waals surface area contributed by atoms with Crippen molar-refractivity contribution >= 4 is 11.6 Å². The van der Waals surface area contributed by atoms with Crippen LogP contribution in [0.3, 0.4) is 0 Å². The van der Waals surface area contributed by atoms with Crippen molar-refractivity contribution in [1.29, 1.82) is 0 Å². The number of hydrogen-bond acceptors (Lipinski definition) is 3. The van der Waals surface area contributed by atoms with Crippen molar-refractivity contribution in [2.75, 3.05) is 5.32 Å². The molecule has 0 aromatic carbocycles. The van der Waals surface area contributed by atoms with E-state index in [1.165, 1.54) is 18.3 Å². The molecule has 0 saturated carbocycles. The Hall–Kier alpha value is -1.72. The number of carbonyl (C=O) groups is 1. The van der Waals surface area contributed by atoms with E-state index < -0.39 is 6.61 Å². The van der Waals surface area contributed by atoms with Crippen LogP contribution in [0.2, 0.25) is 0 Å². The lowest BCUT2D eigenvalue weighted by atomic mass is 10.1. The number of anilines is 1. The normalized spacial score (nSPS) is 10.7. The first-order chi connectivity index (χ1) is 7.97. The zero-order valence-electron chi connectivity index (χ0n) is 9.61. The van der Waals surface area contributed by atoms with Crippen LogP contribution in [0.4, 0.5) is 14.5 Å². The molecule has 1 N–H and O–H groups in total. The molecule has 1 heterocycles. The number of nitrogens with zero attached hydrogens (tertiary/aromatic N) is 1. The number of nitrogens with one attached hydrogen (secondary N) is 1. The Morgan fingerprint density at radius 2 is 2.18 bits per heavy atom. The molecular weight excluding hydrogens is 230 g/mol. The summed E-state index contributed by atoms with van der Waals surface area (Å²) in [7, 11) is 0. The predicted octanol–water partition coefficient (Wildman–Crippen LogP) is 2.67. The molecule has 0 atom stereocenters. The summed E-state index contributed by atoms with van der Waals surface area (Å²) in [6.45, 7) is 0.957. The summed E-state index contributed by atoms with van der Waals surface area (Å²) in [5.74, 6) is -0.0596. The predicted molar refractivity (Wildman–Crippen MR) is 59.0 cm³/mol. The van der Waals surface area contributed by atoms with Crippen molar-refractivity contribution in [3.05, 3.63) is 18.3 Å². The molecule has 0 fully saturated rings. The molecule has 6 heteroatoms. The van der Waals surface area contributed by atoms with Gasteiger partial charge in [-0.15, -0.1) is 0 Å². The smallest absolute Gasteiger partial charge is 0.388 e.